The van der Waals surface area contributed by atoms with Crippen LogP contribution in [0.3, 0.4) is 0 Å². The molecule has 1 fully saturated rings. The molecule has 0 unspecified atom stereocenters. The number of para-hydroxylation sites is 1. The summed E-state index contributed by atoms with van der Waals surface area (Å²) >= 11 is 0. The summed E-state index contributed by atoms with van der Waals surface area (Å²) in [5.41, 5.74) is 3.27. The number of benzene rings is 2. The Morgan fingerprint density at radius 3 is 2.55 bits per heavy atom. The Morgan fingerprint density at radius 1 is 1.10 bits per heavy atom. The van der Waals surface area contributed by atoms with Gasteiger partial charge in [0.1, 0.15) is 11.6 Å². The van der Waals surface area contributed by atoms with Crippen LogP contribution in [0.1, 0.15) is 11.3 Å². The van der Waals surface area contributed by atoms with E-state index in [1.807, 2.05) is 46.9 Å². The maximum absolute atomic E-state index is 14.0. The minimum Gasteiger partial charge on any atom is -0.495 e. The topological polar surface area (TPSA) is 50.6 Å². The quantitative estimate of drug-likeness (QED) is 0.591. The Labute approximate surface area is 181 Å². The van der Waals surface area contributed by atoms with E-state index in [-0.39, 0.29) is 11.7 Å². The third kappa shape index (κ3) is 4.60. The first-order valence-corrected chi connectivity index (χ1v) is 10.2. The van der Waals surface area contributed by atoms with E-state index < -0.39 is 0 Å². The molecule has 0 N–H and O–H groups in total. The molecule has 0 atom stereocenters. The predicted molar refractivity (Wildman–Crippen MR) is 119 cm³/mol. The fraction of sp³-hybridized carbons (Fsp3) is 0.250. The first-order chi connectivity index (χ1) is 15.0. The maximum Gasteiger partial charge on any atom is 0.246 e. The van der Waals surface area contributed by atoms with Crippen molar-refractivity contribution < 1.29 is 13.9 Å². The van der Waals surface area contributed by atoms with E-state index in [1.54, 1.807) is 42.6 Å². The van der Waals surface area contributed by atoms with E-state index in [1.165, 1.54) is 6.07 Å². The molecule has 0 aliphatic carbocycles. The van der Waals surface area contributed by atoms with E-state index in [2.05, 4.69) is 4.98 Å². The number of ether oxygens (including phenoxy) is 1. The van der Waals surface area contributed by atoms with Gasteiger partial charge in [-0.2, -0.15) is 0 Å². The molecule has 0 radical (unpaired) electrons. The lowest BCUT2D eigenvalue weighted by atomic mass is 10.1. The zero-order valence-electron chi connectivity index (χ0n) is 17.7. The SMILES string of the molecule is COc1cc(/C=C/C(=O)N2CCN(c3ccccc3F)CC2)ccc1-n1cnc(C)c1. The number of aromatic nitrogens is 2. The molecule has 4 rings (SSSR count). The van der Waals surface area contributed by atoms with Crippen LogP contribution >= 0.6 is 0 Å². The second-order valence-electron chi connectivity index (χ2n) is 7.45. The van der Waals surface area contributed by atoms with Crippen LogP contribution < -0.4 is 9.64 Å². The average Bonchev–Trinajstić information content (AvgIpc) is 3.23. The highest BCUT2D eigenvalue weighted by Crippen LogP contribution is 2.25. The van der Waals surface area contributed by atoms with Crippen molar-refractivity contribution in [2.75, 3.05) is 38.2 Å². The molecule has 160 valence electrons. The van der Waals surface area contributed by atoms with E-state index in [4.69, 9.17) is 4.74 Å². The molecule has 0 spiro atoms. The second kappa shape index (κ2) is 9.04. The molecule has 2 aromatic carbocycles. The minimum absolute atomic E-state index is 0.0542. The van der Waals surface area contributed by atoms with Gasteiger partial charge in [0.05, 0.1) is 30.5 Å². The lowest BCUT2D eigenvalue weighted by Crippen LogP contribution is -2.48. The number of amides is 1. The summed E-state index contributed by atoms with van der Waals surface area (Å²) < 4.78 is 21.4. The van der Waals surface area contributed by atoms with Gasteiger partial charge in [0.15, 0.2) is 0 Å². The second-order valence-corrected chi connectivity index (χ2v) is 7.45. The van der Waals surface area contributed by atoms with Crippen LogP contribution in [0.5, 0.6) is 5.75 Å². The van der Waals surface area contributed by atoms with Crippen LogP contribution in [-0.2, 0) is 4.79 Å². The number of methoxy groups -OCH3 is 1. The molecule has 2 heterocycles. The fourth-order valence-corrected chi connectivity index (χ4v) is 3.71. The molecule has 0 bridgehead atoms. The van der Waals surface area contributed by atoms with Crippen LogP contribution in [0, 0.1) is 12.7 Å². The van der Waals surface area contributed by atoms with Crippen LogP contribution in [0.4, 0.5) is 10.1 Å². The normalized spacial score (nSPS) is 14.3. The van der Waals surface area contributed by atoms with Gasteiger partial charge in [-0.05, 0) is 42.8 Å². The summed E-state index contributed by atoms with van der Waals surface area (Å²) in [6.45, 7) is 4.25. The molecule has 6 nitrogen and oxygen atoms in total. The van der Waals surface area contributed by atoms with E-state index in [9.17, 15) is 9.18 Å². The van der Waals surface area contributed by atoms with Crippen molar-refractivity contribution in [2.45, 2.75) is 6.92 Å². The highest BCUT2D eigenvalue weighted by Gasteiger charge is 2.21. The molecular formula is C24H25FN4O2. The lowest BCUT2D eigenvalue weighted by molar-refractivity contribution is -0.126. The van der Waals surface area contributed by atoms with Gasteiger partial charge < -0.3 is 19.1 Å². The Kier molecular flexibility index (Phi) is 6.02. The smallest absolute Gasteiger partial charge is 0.246 e. The van der Waals surface area contributed by atoms with Crippen LogP contribution in [0.25, 0.3) is 11.8 Å². The van der Waals surface area contributed by atoms with Crippen LogP contribution in [0.2, 0.25) is 0 Å². The standard InChI is InChI=1S/C24H25FN4O2/c1-18-16-29(17-26-18)22-9-7-19(15-23(22)31-2)8-10-24(30)28-13-11-27(12-14-28)21-6-4-3-5-20(21)25/h3-10,15-17H,11-14H2,1-2H3/b10-8+. The van der Waals surface area contributed by atoms with Gasteiger partial charge >= 0.3 is 0 Å². The number of piperazine rings is 1. The summed E-state index contributed by atoms with van der Waals surface area (Å²) in [7, 11) is 1.62. The summed E-state index contributed by atoms with van der Waals surface area (Å²) in [5.74, 6) is 0.414. The number of imidazole rings is 1. The fourth-order valence-electron chi connectivity index (χ4n) is 3.71. The largest absolute Gasteiger partial charge is 0.495 e. The Morgan fingerprint density at radius 2 is 1.87 bits per heavy atom. The van der Waals surface area contributed by atoms with Gasteiger partial charge in [0, 0.05) is 38.5 Å². The summed E-state index contributed by atoms with van der Waals surface area (Å²) in [4.78, 5) is 20.6. The molecule has 1 amide bonds. The average molecular weight is 420 g/mol. The molecule has 0 saturated carbocycles. The van der Waals surface area contributed by atoms with E-state index >= 15 is 0 Å². The summed E-state index contributed by atoms with van der Waals surface area (Å²) in [6, 6.07) is 12.5. The lowest BCUT2D eigenvalue weighted by Gasteiger charge is -2.35. The first kappa shape index (κ1) is 20.7. The number of carbonyl (C=O) groups excluding carboxylic acids is 1. The molecule has 1 aliphatic rings. The molecule has 3 aromatic rings. The van der Waals surface area contributed by atoms with Crippen molar-refractivity contribution >= 4 is 17.7 Å². The van der Waals surface area contributed by atoms with Gasteiger partial charge in [-0.1, -0.05) is 18.2 Å². The highest BCUT2D eigenvalue weighted by atomic mass is 19.1. The van der Waals surface area contributed by atoms with E-state index in [0.29, 0.717) is 37.6 Å². The molecule has 31 heavy (non-hydrogen) atoms. The van der Waals surface area contributed by atoms with Gasteiger partial charge in [-0.15, -0.1) is 0 Å². The monoisotopic (exact) mass is 420 g/mol. The molecule has 7 heteroatoms. The highest BCUT2D eigenvalue weighted by molar-refractivity contribution is 5.92. The molecule has 1 aromatic heterocycles. The van der Waals surface area contributed by atoms with Crippen molar-refractivity contribution in [3.63, 3.8) is 0 Å². The number of nitrogens with zero attached hydrogens (tertiary/aromatic N) is 4. The van der Waals surface area contributed by atoms with Crippen molar-refractivity contribution in [3.05, 3.63) is 78.1 Å². The van der Waals surface area contributed by atoms with Gasteiger partial charge in [-0.25, -0.2) is 9.37 Å². The Balaban J connectivity index is 1.40. The summed E-state index contributed by atoms with van der Waals surface area (Å²) in [5, 5.41) is 0. The van der Waals surface area contributed by atoms with Crippen molar-refractivity contribution in [3.8, 4) is 11.4 Å². The number of anilines is 1. The van der Waals surface area contributed by atoms with Crippen LogP contribution in [0.15, 0.2) is 61.1 Å². The predicted octanol–water partition coefficient (Wildman–Crippen LogP) is 3.69. The van der Waals surface area contributed by atoms with Gasteiger partial charge in [0.25, 0.3) is 0 Å². The zero-order valence-corrected chi connectivity index (χ0v) is 17.7. The zero-order chi connectivity index (χ0) is 21.8. The first-order valence-electron chi connectivity index (χ1n) is 10.2. The van der Waals surface area contributed by atoms with E-state index in [0.717, 1.165) is 16.9 Å². The Bertz CT molecular complexity index is 1100. The third-order valence-corrected chi connectivity index (χ3v) is 5.40. The van der Waals surface area contributed by atoms with Crippen molar-refractivity contribution in [1.29, 1.82) is 0 Å². The number of carbonyl (C=O) groups is 1. The minimum atomic E-state index is -0.231. The molecular weight excluding hydrogens is 395 g/mol. The van der Waals surface area contributed by atoms with Gasteiger partial charge in [-0.3, -0.25) is 4.79 Å². The van der Waals surface area contributed by atoms with Crippen molar-refractivity contribution in [2.24, 2.45) is 0 Å². The number of halogens is 1. The molecule has 1 aliphatic heterocycles. The summed E-state index contributed by atoms with van der Waals surface area (Å²) in [6.07, 6.45) is 7.04. The molecule has 1 saturated heterocycles. The van der Waals surface area contributed by atoms with Crippen molar-refractivity contribution in [1.82, 2.24) is 14.5 Å². The third-order valence-electron chi connectivity index (χ3n) is 5.40. The maximum atomic E-state index is 14.0. The Hall–Kier alpha value is -3.61. The van der Waals surface area contributed by atoms with Gasteiger partial charge in [0.2, 0.25) is 5.91 Å². The number of rotatable bonds is 5. The number of hydrogen-bond acceptors (Lipinski definition) is 4. The number of hydrogen-bond donors (Lipinski definition) is 0. The number of aryl methyl sites for hydroxylation is 1. The van der Waals surface area contributed by atoms with Crippen LogP contribution in [-0.4, -0.2) is 53.6 Å².